The Morgan fingerprint density at radius 1 is 1.13 bits per heavy atom. The SMILES string of the molecule is CC(c1ccc(CC(=O)Nc2cc(Cl)c(C3(c4ncc(-c5ccc(F)cc5)o4)CC3)c(Cl)c2)cc1)S(=O)[O-]. The summed E-state index contributed by atoms with van der Waals surface area (Å²) in [5.41, 5.74) is 2.67. The van der Waals surface area contributed by atoms with Crippen molar-refractivity contribution in [1.29, 1.82) is 0 Å². The number of carbonyl (C=O) groups is 1. The lowest BCUT2D eigenvalue weighted by atomic mass is 9.95. The number of carbonyl (C=O) groups excluding carboxylic acids is 1. The monoisotopic (exact) mass is 571 g/mol. The van der Waals surface area contributed by atoms with E-state index in [0.29, 0.717) is 44.1 Å². The van der Waals surface area contributed by atoms with Crippen molar-refractivity contribution in [3.8, 4) is 11.3 Å². The average Bonchev–Trinajstić information content (AvgIpc) is 3.50. The first-order valence-corrected chi connectivity index (χ1v) is 13.7. The number of nitrogens with one attached hydrogen (secondary N) is 1. The molecule has 4 aromatic rings. The van der Waals surface area contributed by atoms with E-state index in [-0.39, 0.29) is 18.1 Å². The van der Waals surface area contributed by atoms with Crippen molar-refractivity contribution in [2.24, 2.45) is 0 Å². The number of benzene rings is 3. The molecule has 0 saturated heterocycles. The van der Waals surface area contributed by atoms with E-state index in [4.69, 9.17) is 27.6 Å². The lowest BCUT2D eigenvalue weighted by Gasteiger charge is -2.17. The summed E-state index contributed by atoms with van der Waals surface area (Å²) >= 11 is 11.1. The van der Waals surface area contributed by atoms with Crippen molar-refractivity contribution in [2.45, 2.75) is 36.9 Å². The second kappa shape index (κ2) is 10.6. The molecule has 2 atom stereocenters. The third-order valence-corrected chi connectivity index (χ3v) is 8.15. The van der Waals surface area contributed by atoms with E-state index in [0.717, 1.165) is 18.4 Å². The molecule has 1 aromatic heterocycles. The molecule has 1 aliphatic rings. The molecule has 0 spiro atoms. The number of anilines is 1. The summed E-state index contributed by atoms with van der Waals surface area (Å²) in [5.74, 6) is 0.401. The van der Waals surface area contributed by atoms with Gasteiger partial charge in [0.1, 0.15) is 5.82 Å². The molecule has 0 radical (unpaired) electrons. The van der Waals surface area contributed by atoms with Gasteiger partial charge in [0.2, 0.25) is 11.8 Å². The molecule has 5 rings (SSSR count). The van der Waals surface area contributed by atoms with Crippen LogP contribution in [0.5, 0.6) is 0 Å². The highest BCUT2D eigenvalue weighted by molar-refractivity contribution is 7.79. The average molecular weight is 572 g/mol. The van der Waals surface area contributed by atoms with E-state index >= 15 is 0 Å². The van der Waals surface area contributed by atoms with Crippen LogP contribution in [0.15, 0.2) is 71.3 Å². The molecule has 1 fully saturated rings. The maximum absolute atomic E-state index is 13.3. The molecule has 3 aromatic carbocycles. The van der Waals surface area contributed by atoms with Gasteiger partial charge < -0.3 is 14.3 Å². The first-order valence-electron chi connectivity index (χ1n) is 11.8. The molecule has 10 heteroatoms. The Kier molecular flexibility index (Phi) is 7.42. The molecule has 6 nitrogen and oxygen atoms in total. The van der Waals surface area contributed by atoms with Crippen molar-refractivity contribution in [1.82, 2.24) is 4.98 Å². The first-order chi connectivity index (χ1) is 18.2. The highest BCUT2D eigenvalue weighted by atomic mass is 35.5. The zero-order valence-electron chi connectivity index (χ0n) is 20.2. The highest BCUT2D eigenvalue weighted by Gasteiger charge is 2.52. The Balaban J connectivity index is 1.31. The van der Waals surface area contributed by atoms with E-state index in [9.17, 15) is 17.9 Å². The van der Waals surface area contributed by atoms with Crippen molar-refractivity contribution in [3.63, 3.8) is 0 Å². The molecule has 1 aliphatic carbocycles. The zero-order valence-corrected chi connectivity index (χ0v) is 22.5. The summed E-state index contributed by atoms with van der Waals surface area (Å²) in [4.78, 5) is 17.1. The van der Waals surface area contributed by atoms with Crippen LogP contribution in [0.4, 0.5) is 10.1 Å². The van der Waals surface area contributed by atoms with Gasteiger partial charge in [0.05, 0.1) is 18.0 Å². The minimum atomic E-state index is -2.21. The van der Waals surface area contributed by atoms with Gasteiger partial charge in [0.15, 0.2) is 5.76 Å². The number of hydrogen-bond donors (Lipinski definition) is 1. The third-order valence-electron chi connectivity index (χ3n) is 6.70. The van der Waals surface area contributed by atoms with Gasteiger partial charge in [-0.3, -0.25) is 9.00 Å². The minimum Gasteiger partial charge on any atom is -0.772 e. The van der Waals surface area contributed by atoms with Crippen LogP contribution < -0.4 is 5.32 Å². The molecular weight excluding hydrogens is 550 g/mol. The van der Waals surface area contributed by atoms with Crippen LogP contribution in [0.25, 0.3) is 11.3 Å². The maximum Gasteiger partial charge on any atom is 0.228 e. The fourth-order valence-electron chi connectivity index (χ4n) is 4.45. The number of hydrogen-bond acceptors (Lipinski definition) is 5. The van der Waals surface area contributed by atoms with Crippen molar-refractivity contribution >= 4 is 45.9 Å². The smallest absolute Gasteiger partial charge is 0.228 e. The van der Waals surface area contributed by atoms with Crippen LogP contribution in [-0.4, -0.2) is 19.7 Å². The standard InChI is InChI=1S/C28H23Cl2FN2O4S/c1-16(38(35)36)18-4-2-17(3-5-18)12-25(34)33-21-13-22(29)26(23(30)14-21)28(10-11-28)27-32-15-24(37-27)19-6-8-20(31)9-7-19/h2-9,13-16H,10-12H2,1H3,(H,33,34)(H,35,36)/p-1. The summed E-state index contributed by atoms with van der Waals surface area (Å²) < 4.78 is 41.6. The zero-order chi connectivity index (χ0) is 27.0. The van der Waals surface area contributed by atoms with Crippen LogP contribution in [0, 0.1) is 5.82 Å². The van der Waals surface area contributed by atoms with Gasteiger partial charge in [-0.1, -0.05) is 47.5 Å². The van der Waals surface area contributed by atoms with Gasteiger partial charge in [-0.05, 0) is 78.4 Å². The van der Waals surface area contributed by atoms with Crippen molar-refractivity contribution < 1.29 is 22.4 Å². The molecule has 2 unspecified atom stereocenters. The number of oxazole rings is 1. The number of halogens is 3. The molecule has 0 aliphatic heterocycles. The number of rotatable bonds is 8. The van der Waals surface area contributed by atoms with Crippen molar-refractivity contribution in [3.05, 3.63) is 105 Å². The van der Waals surface area contributed by atoms with Gasteiger partial charge in [0.25, 0.3) is 0 Å². The molecule has 1 amide bonds. The third kappa shape index (κ3) is 5.40. The van der Waals surface area contributed by atoms with E-state index in [1.807, 2.05) is 0 Å². The van der Waals surface area contributed by atoms with E-state index in [1.54, 1.807) is 61.7 Å². The van der Waals surface area contributed by atoms with Gasteiger partial charge in [-0.15, -0.1) is 0 Å². The van der Waals surface area contributed by atoms with Gasteiger partial charge in [-0.2, -0.15) is 0 Å². The van der Waals surface area contributed by atoms with E-state index in [1.165, 1.54) is 12.1 Å². The summed E-state index contributed by atoms with van der Waals surface area (Å²) in [6, 6.07) is 16.1. The van der Waals surface area contributed by atoms with Crippen LogP contribution >= 0.6 is 23.2 Å². The fraction of sp³-hybridized carbons (Fsp3) is 0.214. The maximum atomic E-state index is 13.3. The second-order valence-electron chi connectivity index (χ2n) is 9.30. The topological polar surface area (TPSA) is 95.3 Å². The Morgan fingerprint density at radius 2 is 1.76 bits per heavy atom. The fourth-order valence-corrected chi connectivity index (χ4v) is 5.68. The molecule has 0 bridgehead atoms. The molecule has 38 heavy (non-hydrogen) atoms. The lowest BCUT2D eigenvalue weighted by Crippen LogP contribution is -2.16. The second-order valence-corrected chi connectivity index (χ2v) is 11.3. The van der Waals surface area contributed by atoms with Crippen LogP contribution in [-0.2, 0) is 27.7 Å². The minimum absolute atomic E-state index is 0.0958. The van der Waals surface area contributed by atoms with Crippen molar-refractivity contribution in [2.75, 3.05) is 5.32 Å². The summed E-state index contributed by atoms with van der Waals surface area (Å²) in [5, 5.41) is 2.97. The quantitative estimate of drug-likeness (QED) is 0.230. The predicted octanol–water partition coefficient (Wildman–Crippen LogP) is 6.99. The van der Waals surface area contributed by atoms with Gasteiger partial charge in [0, 0.05) is 32.1 Å². The molecule has 1 N–H and O–H groups in total. The molecule has 1 saturated carbocycles. The number of aromatic nitrogens is 1. The summed E-state index contributed by atoms with van der Waals surface area (Å²) in [7, 11) is 0. The van der Waals surface area contributed by atoms with Gasteiger partial charge >= 0.3 is 0 Å². The summed E-state index contributed by atoms with van der Waals surface area (Å²) in [6.07, 6.45) is 3.19. The number of amides is 1. The molecule has 1 heterocycles. The van der Waals surface area contributed by atoms with E-state index < -0.39 is 21.7 Å². The first kappa shape index (κ1) is 26.6. The van der Waals surface area contributed by atoms with Crippen LogP contribution in [0.2, 0.25) is 10.0 Å². The van der Waals surface area contributed by atoms with Gasteiger partial charge in [-0.25, -0.2) is 9.37 Å². The normalized spacial score (nSPS) is 15.6. The molecule has 196 valence electrons. The summed E-state index contributed by atoms with van der Waals surface area (Å²) in [6.45, 7) is 1.60. The Bertz CT molecular complexity index is 1500. The van der Waals surface area contributed by atoms with Crippen LogP contribution in [0.1, 0.15) is 47.6 Å². The number of nitrogens with zero attached hydrogens (tertiary/aromatic N) is 1. The highest BCUT2D eigenvalue weighted by Crippen LogP contribution is 2.57. The predicted molar refractivity (Wildman–Crippen MR) is 144 cm³/mol. The molecular formula is C28H22Cl2FN2O4S-. The Morgan fingerprint density at radius 3 is 2.34 bits per heavy atom. The lowest BCUT2D eigenvalue weighted by molar-refractivity contribution is -0.115. The Labute approximate surface area is 231 Å². The largest absolute Gasteiger partial charge is 0.772 e. The van der Waals surface area contributed by atoms with E-state index in [2.05, 4.69) is 10.3 Å². The Hall–Kier alpha value is -3.04. The van der Waals surface area contributed by atoms with Crippen LogP contribution in [0.3, 0.4) is 0 Å².